The van der Waals surface area contributed by atoms with Crippen LogP contribution in [0.1, 0.15) is 134 Å². The first kappa shape index (κ1) is 25.1. The molecule has 0 unspecified atom stereocenters. The minimum absolute atomic E-state index is 0.550. The predicted molar refractivity (Wildman–Crippen MR) is 125 cm³/mol. The maximum absolute atomic E-state index is 10.6. The third-order valence-corrected chi connectivity index (χ3v) is 6.11. The molecule has 162 valence electrons. The van der Waals surface area contributed by atoms with Crippen molar-refractivity contribution in [3.8, 4) is 5.75 Å². The van der Waals surface area contributed by atoms with Gasteiger partial charge < -0.3 is 5.11 Å². The second-order valence-corrected chi connectivity index (χ2v) is 8.69. The second-order valence-electron chi connectivity index (χ2n) is 8.69. The molecular formula is C27H48O. The zero-order valence-electron chi connectivity index (χ0n) is 19.3. The van der Waals surface area contributed by atoms with Gasteiger partial charge in [0, 0.05) is 0 Å². The van der Waals surface area contributed by atoms with Gasteiger partial charge in [-0.2, -0.15) is 0 Å². The summed E-state index contributed by atoms with van der Waals surface area (Å²) in [5, 5.41) is 10.6. The lowest BCUT2D eigenvalue weighted by Crippen LogP contribution is -2.03. The van der Waals surface area contributed by atoms with Crippen LogP contribution in [0, 0.1) is 0 Å². The Morgan fingerprint density at radius 1 is 0.500 bits per heavy atom. The topological polar surface area (TPSA) is 20.2 Å². The predicted octanol–water partition coefficient (Wildman–Crippen LogP) is 8.93. The van der Waals surface area contributed by atoms with E-state index in [2.05, 4.69) is 26.8 Å². The van der Waals surface area contributed by atoms with Crippen LogP contribution in [0.2, 0.25) is 0 Å². The maximum atomic E-state index is 10.6. The van der Waals surface area contributed by atoms with Crippen LogP contribution in [-0.2, 0) is 19.3 Å². The zero-order valence-corrected chi connectivity index (χ0v) is 19.3. The number of unbranched alkanes of at least 4 members (excludes halogenated alkanes) is 12. The summed E-state index contributed by atoms with van der Waals surface area (Å²) < 4.78 is 0. The summed E-state index contributed by atoms with van der Waals surface area (Å²) in [6.45, 7) is 6.83. The smallest absolute Gasteiger partial charge is 0.119 e. The van der Waals surface area contributed by atoms with Crippen LogP contribution in [0.25, 0.3) is 0 Å². The first-order valence-corrected chi connectivity index (χ1v) is 12.6. The van der Waals surface area contributed by atoms with Crippen molar-refractivity contribution in [3.05, 3.63) is 28.8 Å². The highest BCUT2D eigenvalue weighted by Crippen LogP contribution is 2.30. The SMILES string of the molecule is CCCCCCCc1ccc(O)c(CCCCCCC)c1CCCCCCC. The highest BCUT2D eigenvalue weighted by molar-refractivity contribution is 5.45. The van der Waals surface area contributed by atoms with Crippen molar-refractivity contribution in [3.63, 3.8) is 0 Å². The fourth-order valence-electron chi connectivity index (χ4n) is 4.28. The highest BCUT2D eigenvalue weighted by atomic mass is 16.3. The summed E-state index contributed by atoms with van der Waals surface area (Å²) in [5.74, 6) is 0.550. The van der Waals surface area contributed by atoms with Gasteiger partial charge in [-0.1, -0.05) is 104 Å². The van der Waals surface area contributed by atoms with Crippen molar-refractivity contribution < 1.29 is 5.11 Å². The van der Waals surface area contributed by atoms with E-state index in [0.717, 1.165) is 12.8 Å². The lowest BCUT2D eigenvalue weighted by atomic mass is 9.89. The van der Waals surface area contributed by atoms with E-state index in [1.807, 2.05) is 6.07 Å². The summed E-state index contributed by atoms with van der Waals surface area (Å²) in [6, 6.07) is 4.19. The third kappa shape index (κ3) is 10.5. The summed E-state index contributed by atoms with van der Waals surface area (Å²) in [7, 11) is 0. The van der Waals surface area contributed by atoms with Crippen LogP contribution in [0.4, 0.5) is 0 Å². The minimum atomic E-state index is 0.550. The summed E-state index contributed by atoms with van der Waals surface area (Å²) in [5.41, 5.74) is 4.30. The quantitative estimate of drug-likeness (QED) is 0.249. The largest absolute Gasteiger partial charge is 0.508 e. The van der Waals surface area contributed by atoms with E-state index in [1.54, 1.807) is 0 Å². The molecule has 0 aromatic heterocycles. The van der Waals surface area contributed by atoms with E-state index in [0.29, 0.717) is 5.75 Å². The number of aromatic hydroxyl groups is 1. The molecule has 0 fully saturated rings. The second kappa shape index (κ2) is 16.9. The molecule has 0 spiro atoms. The van der Waals surface area contributed by atoms with Gasteiger partial charge in [-0.25, -0.2) is 0 Å². The molecule has 1 aromatic rings. The first-order chi connectivity index (χ1) is 13.7. The number of hydrogen-bond acceptors (Lipinski definition) is 1. The van der Waals surface area contributed by atoms with Crippen LogP contribution in [0.15, 0.2) is 12.1 Å². The van der Waals surface area contributed by atoms with Gasteiger partial charge in [-0.05, 0) is 61.3 Å². The van der Waals surface area contributed by atoms with Crippen LogP contribution >= 0.6 is 0 Å². The van der Waals surface area contributed by atoms with Crippen molar-refractivity contribution >= 4 is 0 Å². The van der Waals surface area contributed by atoms with Crippen LogP contribution < -0.4 is 0 Å². The highest BCUT2D eigenvalue weighted by Gasteiger charge is 2.13. The van der Waals surface area contributed by atoms with Crippen molar-refractivity contribution in [1.29, 1.82) is 0 Å². The normalized spacial score (nSPS) is 11.2. The van der Waals surface area contributed by atoms with Crippen LogP contribution in [-0.4, -0.2) is 5.11 Å². The van der Waals surface area contributed by atoms with E-state index in [1.165, 1.54) is 119 Å². The molecule has 0 aliphatic carbocycles. The number of phenols is 1. The summed E-state index contributed by atoms with van der Waals surface area (Å²) >= 11 is 0. The Morgan fingerprint density at radius 2 is 0.929 bits per heavy atom. The lowest BCUT2D eigenvalue weighted by molar-refractivity contribution is 0.463. The minimum Gasteiger partial charge on any atom is -0.508 e. The molecule has 1 heteroatoms. The molecule has 0 saturated carbocycles. The van der Waals surface area contributed by atoms with E-state index in [9.17, 15) is 5.11 Å². The number of hydrogen-bond donors (Lipinski definition) is 1. The van der Waals surface area contributed by atoms with Gasteiger partial charge in [0.1, 0.15) is 5.75 Å². The molecule has 1 nitrogen and oxygen atoms in total. The summed E-state index contributed by atoms with van der Waals surface area (Å²) in [6.07, 6.45) is 23.2. The standard InChI is InChI=1S/C27H48O/c1-4-7-10-13-16-19-24-22-23-27(28)26(21-18-15-12-9-6-3)25(24)20-17-14-11-8-5-2/h22-23,28H,4-21H2,1-3H3. The zero-order chi connectivity index (χ0) is 20.5. The van der Waals surface area contributed by atoms with Crippen LogP contribution in [0.5, 0.6) is 5.75 Å². The molecule has 28 heavy (non-hydrogen) atoms. The average molecular weight is 389 g/mol. The lowest BCUT2D eigenvalue weighted by Gasteiger charge is -2.17. The van der Waals surface area contributed by atoms with E-state index >= 15 is 0 Å². The molecule has 0 amide bonds. The molecule has 0 bridgehead atoms. The Morgan fingerprint density at radius 3 is 1.43 bits per heavy atom. The van der Waals surface area contributed by atoms with Gasteiger partial charge in [-0.3, -0.25) is 0 Å². The molecule has 0 aliphatic rings. The van der Waals surface area contributed by atoms with E-state index < -0.39 is 0 Å². The maximum Gasteiger partial charge on any atom is 0.119 e. The van der Waals surface area contributed by atoms with Crippen molar-refractivity contribution in [1.82, 2.24) is 0 Å². The van der Waals surface area contributed by atoms with Crippen molar-refractivity contribution in [2.75, 3.05) is 0 Å². The van der Waals surface area contributed by atoms with E-state index in [-0.39, 0.29) is 0 Å². The number of benzene rings is 1. The molecule has 1 N–H and O–H groups in total. The monoisotopic (exact) mass is 388 g/mol. The fourth-order valence-corrected chi connectivity index (χ4v) is 4.28. The Kier molecular flexibility index (Phi) is 15.1. The molecule has 1 rings (SSSR count). The van der Waals surface area contributed by atoms with Gasteiger partial charge in [-0.15, -0.1) is 0 Å². The fraction of sp³-hybridized carbons (Fsp3) is 0.778. The molecular weight excluding hydrogens is 340 g/mol. The van der Waals surface area contributed by atoms with Crippen molar-refractivity contribution in [2.24, 2.45) is 0 Å². The van der Waals surface area contributed by atoms with Gasteiger partial charge in [0.2, 0.25) is 0 Å². The molecule has 0 atom stereocenters. The van der Waals surface area contributed by atoms with Gasteiger partial charge >= 0.3 is 0 Å². The number of aryl methyl sites for hydroxylation is 1. The molecule has 0 radical (unpaired) electrons. The molecule has 0 aliphatic heterocycles. The number of rotatable bonds is 18. The van der Waals surface area contributed by atoms with Gasteiger partial charge in [0.25, 0.3) is 0 Å². The van der Waals surface area contributed by atoms with Gasteiger partial charge in [0.15, 0.2) is 0 Å². The Hall–Kier alpha value is -0.980. The Labute approximate surface area is 176 Å². The Balaban J connectivity index is 2.73. The average Bonchev–Trinajstić information content (AvgIpc) is 2.70. The number of phenolic OH excluding ortho intramolecular Hbond substituents is 1. The Bertz CT molecular complexity index is 491. The molecule has 1 aromatic carbocycles. The molecule has 0 heterocycles. The first-order valence-electron chi connectivity index (χ1n) is 12.6. The van der Waals surface area contributed by atoms with E-state index in [4.69, 9.17) is 0 Å². The molecule has 0 saturated heterocycles. The third-order valence-electron chi connectivity index (χ3n) is 6.11. The van der Waals surface area contributed by atoms with Crippen molar-refractivity contribution in [2.45, 2.75) is 136 Å². The summed E-state index contributed by atoms with van der Waals surface area (Å²) in [4.78, 5) is 0. The van der Waals surface area contributed by atoms with Gasteiger partial charge in [0.05, 0.1) is 0 Å². The van der Waals surface area contributed by atoms with Crippen LogP contribution in [0.3, 0.4) is 0 Å².